The van der Waals surface area contributed by atoms with Crippen LogP contribution in [0.4, 0.5) is 0 Å². The lowest BCUT2D eigenvalue weighted by atomic mass is 10.3. The summed E-state index contributed by atoms with van der Waals surface area (Å²) in [7, 11) is 0. The van der Waals surface area contributed by atoms with Crippen LogP contribution < -0.4 is 0 Å². The van der Waals surface area contributed by atoms with Gasteiger partial charge in [-0.2, -0.15) is 10.4 Å². The van der Waals surface area contributed by atoms with E-state index in [1.807, 2.05) is 6.92 Å². The number of hydrogen-bond donors (Lipinski definition) is 0. The monoisotopic (exact) mass is 159 g/mol. The molecule has 0 fully saturated rings. The number of hydrogen-bond acceptors (Lipinski definition) is 2. The van der Waals surface area contributed by atoms with Gasteiger partial charge in [0.2, 0.25) is 0 Å². The summed E-state index contributed by atoms with van der Waals surface area (Å²) in [6.45, 7) is 2.49. The molecular formula is C9H9N3. The second-order valence-corrected chi connectivity index (χ2v) is 2.46. The second kappa shape index (κ2) is 3.59. The molecule has 0 radical (unpaired) electrons. The average Bonchev–Trinajstić information content (AvgIpc) is 2.43. The van der Waals surface area contributed by atoms with Gasteiger partial charge in [0.1, 0.15) is 6.07 Å². The van der Waals surface area contributed by atoms with Crippen molar-refractivity contribution in [2.45, 2.75) is 19.9 Å². The quantitative estimate of drug-likeness (QED) is 0.606. The summed E-state index contributed by atoms with van der Waals surface area (Å²) in [4.78, 5) is 0. The lowest BCUT2D eigenvalue weighted by Gasteiger charge is -1.93. The minimum Gasteiger partial charge on any atom is -0.270 e. The average molecular weight is 159 g/mol. The molecular weight excluding hydrogens is 150 g/mol. The number of aromatic nitrogens is 2. The van der Waals surface area contributed by atoms with Crippen LogP contribution in [0.3, 0.4) is 0 Å². The second-order valence-electron chi connectivity index (χ2n) is 2.46. The van der Waals surface area contributed by atoms with Crippen molar-refractivity contribution in [3.8, 4) is 18.4 Å². The Morgan fingerprint density at radius 2 is 2.50 bits per heavy atom. The van der Waals surface area contributed by atoms with Gasteiger partial charge in [-0.25, -0.2) is 0 Å². The molecule has 60 valence electrons. The third-order valence-electron chi connectivity index (χ3n) is 1.55. The molecule has 0 aliphatic rings. The Balaban J connectivity index is 2.78. The highest BCUT2D eigenvalue weighted by molar-refractivity contribution is 5.29. The van der Waals surface area contributed by atoms with Gasteiger partial charge >= 0.3 is 0 Å². The van der Waals surface area contributed by atoms with E-state index in [9.17, 15) is 0 Å². The zero-order valence-corrected chi connectivity index (χ0v) is 6.91. The zero-order chi connectivity index (χ0) is 8.97. The van der Waals surface area contributed by atoms with Gasteiger partial charge in [0.05, 0.1) is 17.8 Å². The van der Waals surface area contributed by atoms with Gasteiger partial charge in [-0.05, 0) is 6.92 Å². The molecule has 0 atom stereocenters. The lowest BCUT2D eigenvalue weighted by Crippen LogP contribution is -1.97. The highest BCUT2D eigenvalue weighted by Gasteiger charge is 2.01. The highest BCUT2D eigenvalue weighted by atomic mass is 15.3. The Kier molecular flexibility index (Phi) is 2.50. The van der Waals surface area contributed by atoms with E-state index in [2.05, 4.69) is 17.1 Å². The smallest absolute Gasteiger partial charge is 0.103 e. The molecule has 1 rings (SSSR count). The van der Waals surface area contributed by atoms with Gasteiger partial charge in [0.25, 0.3) is 0 Å². The van der Waals surface area contributed by atoms with Crippen molar-refractivity contribution in [2.24, 2.45) is 0 Å². The molecule has 0 aliphatic heterocycles. The SMILES string of the molecule is C#CCCn1cc(C#N)c(C)n1. The first kappa shape index (κ1) is 8.36. The van der Waals surface area contributed by atoms with Gasteiger partial charge in [0, 0.05) is 12.6 Å². The molecule has 0 N–H and O–H groups in total. The van der Waals surface area contributed by atoms with Gasteiger partial charge in [-0.3, -0.25) is 4.68 Å². The van der Waals surface area contributed by atoms with E-state index in [1.165, 1.54) is 0 Å². The van der Waals surface area contributed by atoms with E-state index in [-0.39, 0.29) is 0 Å². The summed E-state index contributed by atoms with van der Waals surface area (Å²) < 4.78 is 1.70. The molecule has 0 amide bonds. The number of nitrogens with zero attached hydrogens (tertiary/aromatic N) is 3. The van der Waals surface area contributed by atoms with Gasteiger partial charge in [-0.15, -0.1) is 12.3 Å². The molecule has 3 nitrogen and oxygen atoms in total. The molecule has 0 unspecified atom stereocenters. The van der Waals surface area contributed by atoms with Crippen molar-refractivity contribution in [3.63, 3.8) is 0 Å². The zero-order valence-electron chi connectivity index (χ0n) is 6.91. The Hall–Kier alpha value is -1.74. The van der Waals surface area contributed by atoms with Gasteiger partial charge in [-0.1, -0.05) is 0 Å². The van der Waals surface area contributed by atoms with Crippen LogP contribution in [-0.2, 0) is 6.54 Å². The molecule has 1 aromatic heterocycles. The fourth-order valence-electron chi connectivity index (χ4n) is 0.921. The van der Waals surface area contributed by atoms with Crippen LogP contribution in [0.5, 0.6) is 0 Å². The normalized spacial score (nSPS) is 8.92. The molecule has 1 heterocycles. The van der Waals surface area contributed by atoms with Crippen molar-refractivity contribution in [1.82, 2.24) is 9.78 Å². The van der Waals surface area contributed by atoms with Crippen LogP contribution in [0, 0.1) is 30.6 Å². The van der Waals surface area contributed by atoms with Crippen molar-refractivity contribution < 1.29 is 0 Å². The molecule has 0 aromatic carbocycles. The van der Waals surface area contributed by atoms with Crippen LogP contribution in [0.2, 0.25) is 0 Å². The van der Waals surface area contributed by atoms with E-state index in [1.54, 1.807) is 10.9 Å². The van der Waals surface area contributed by atoms with Crippen LogP contribution in [0.25, 0.3) is 0 Å². The van der Waals surface area contributed by atoms with E-state index in [0.717, 1.165) is 5.69 Å². The molecule has 0 spiro atoms. The minimum absolute atomic E-state index is 0.618. The maximum absolute atomic E-state index is 8.61. The standard InChI is InChI=1S/C9H9N3/c1-3-4-5-12-7-9(6-10)8(2)11-12/h1,7H,4-5H2,2H3. The van der Waals surface area contributed by atoms with Crippen molar-refractivity contribution in [2.75, 3.05) is 0 Å². The van der Waals surface area contributed by atoms with Crippen LogP contribution in [0.1, 0.15) is 17.7 Å². The number of aryl methyl sites for hydroxylation is 2. The maximum atomic E-state index is 8.61. The van der Waals surface area contributed by atoms with E-state index < -0.39 is 0 Å². The fourth-order valence-corrected chi connectivity index (χ4v) is 0.921. The van der Waals surface area contributed by atoms with Gasteiger partial charge < -0.3 is 0 Å². The largest absolute Gasteiger partial charge is 0.270 e. The van der Waals surface area contributed by atoms with E-state index >= 15 is 0 Å². The van der Waals surface area contributed by atoms with Crippen molar-refractivity contribution in [1.29, 1.82) is 5.26 Å². The number of rotatable bonds is 2. The van der Waals surface area contributed by atoms with E-state index in [4.69, 9.17) is 11.7 Å². The number of nitriles is 1. The van der Waals surface area contributed by atoms with Crippen LogP contribution >= 0.6 is 0 Å². The van der Waals surface area contributed by atoms with Crippen LogP contribution in [0.15, 0.2) is 6.20 Å². The number of terminal acetylenes is 1. The molecule has 0 saturated carbocycles. The first-order valence-electron chi connectivity index (χ1n) is 3.65. The fraction of sp³-hybridized carbons (Fsp3) is 0.333. The highest BCUT2D eigenvalue weighted by Crippen LogP contribution is 2.03. The minimum atomic E-state index is 0.618. The summed E-state index contributed by atoms with van der Waals surface area (Å²) in [6.07, 6.45) is 7.46. The Morgan fingerprint density at radius 1 is 1.75 bits per heavy atom. The molecule has 12 heavy (non-hydrogen) atoms. The predicted octanol–water partition coefficient (Wildman–Crippen LogP) is 1.09. The summed E-state index contributed by atoms with van der Waals surface area (Å²) in [5, 5.41) is 12.7. The third kappa shape index (κ3) is 1.65. The summed E-state index contributed by atoms with van der Waals surface area (Å²) in [5.41, 5.74) is 1.38. The van der Waals surface area contributed by atoms with Crippen molar-refractivity contribution in [3.05, 3.63) is 17.5 Å². The lowest BCUT2D eigenvalue weighted by molar-refractivity contribution is 0.625. The topological polar surface area (TPSA) is 41.6 Å². The third-order valence-corrected chi connectivity index (χ3v) is 1.55. The summed E-state index contributed by atoms with van der Waals surface area (Å²) >= 11 is 0. The first-order valence-corrected chi connectivity index (χ1v) is 3.65. The Labute approximate surface area is 71.6 Å². The summed E-state index contributed by atoms with van der Waals surface area (Å²) in [6, 6.07) is 2.06. The van der Waals surface area contributed by atoms with Crippen molar-refractivity contribution >= 4 is 0 Å². The van der Waals surface area contributed by atoms with E-state index in [0.29, 0.717) is 18.5 Å². The molecule has 1 aromatic rings. The summed E-state index contributed by atoms with van der Waals surface area (Å²) in [5.74, 6) is 2.52. The molecule has 0 aliphatic carbocycles. The van der Waals surface area contributed by atoms with Gasteiger partial charge in [0.15, 0.2) is 0 Å². The molecule has 0 saturated heterocycles. The maximum Gasteiger partial charge on any atom is 0.103 e. The Bertz CT molecular complexity index is 349. The van der Waals surface area contributed by atoms with Crippen LogP contribution in [-0.4, -0.2) is 9.78 Å². The first-order chi connectivity index (χ1) is 5.77. The molecule has 3 heteroatoms. The predicted molar refractivity (Wildman–Crippen MR) is 45.1 cm³/mol. The Morgan fingerprint density at radius 3 is 3.00 bits per heavy atom. The molecule has 0 bridgehead atoms.